The number of pyridine rings is 1. The van der Waals surface area contributed by atoms with E-state index in [4.69, 9.17) is 0 Å². The first-order valence-electron chi connectivity index (χ1n) is 9.39. The number of aromatic nitrogens is 1. The SMILES string of the molecule is O=C(Cc1cccs1)Nc1ccccc1NC(=O)Cn1ccc2ccccc2c1=O. The zero-order chi connectivity index (χ0) is 20.9. The van der Waals surface area contributed by atoms with E-state index in [2.05, 4.69) is 10.6 Å². The second-order valence-electron chi connectivity index (χ2n) is 6.73. The van der Waals surface area contributed by atoms with Gasteiger partial charge in [-0.15, -0.1) is 11.3 Å². The Morgan fingerprint density at radius 1 is 0.833 bits per heavy atom. The summed E-state index contributed by atoms with van der Waals surface area (Å²) < 4.78 is 1.37. The van der Waals surface area contributed by atoms with Crippen molar-refractivity contribution in [1.29, 1.82) is 0 Å². The summed E-state index contributed by atoms with van der Waals surface area (Å²) in [7, 11) is 0. The van der Waals surface area contributed by atoms with Crippen molar-refractivity contribution in [2.75, 3.05) is 10.6 Å². The molecule has 150 valence electrons. The van der Waals surface area contributed by atoms with Gasteiger partial charge in [0.1, 0.15) is 6.54 Å². The number of thiophene rings is 1. The van der Waals surface area contributed by atoms with Crippen LogP contribution in [0.3, 0.4) is 0 Å². The Morgan fingerprint density at radius 3 is 2.27 bits per heavy atom. The maximum Gasteiger partial charge on any atom is 0.258 e. The molecule has 0 radical (unpaired) electrons. The maximum absolute atomic E-state index is 12.6. The van der Waals surface area contributed by atoms with Gasteiger partial charge in [-0.2, -0.15) is 0 Å². The van der Waals surface area contributed by atoms with Crippen molar-refractivity contribution >= 4 is 45.3 Å². The molecule has 0 saturated carbocycles. The van der Waals surface area contributed by atoms with Crippen LogP contribution >= 0.6 is 11.3 Å². The summed E-state index contributed by atoms with van der Waals surface area (Å²) in [4.78, 5) is 38.5. The maximum atomic E-state index is 12.6. The monoisotopic (exact) mass is 417 g/mol. The zero-order valence-corrected chi connectivity index (χ0v) is 16.8. The second kappa shape index (κ2) is 8.75. The van der Waals surface area contributed by atoms with Crippen LogP contribution in [-0.4, -0.2) is 16.4 Å². The van der Waals surface area contributed by atoms with Crippen LogP contribution in [0.2, 0.25) is 0 Å². The number of nitrogens with one attached hydrogen (secondary N) is 2. The van der Waals surface area contributed by atoms with Crippen LogP contribution in [-0.2, 0) is 22.6 Å². The van der Waals surface area contributed by atoms with Gasteiger partial charge in [0.25, 0.3) is 5.56 Å². The molecule has 0 bridgehead atoms. The molecule has 2 N–H and O–H groups in total. The third kappa shape index (κ3) is 4.47. The van der Waals surface area contributed by atoms with Gasteiger partial charge < -0.3 is 15.2 Å². The molecular formula is C23H19N3O3S. The number of anilines is 2. The van der Waals surface area contributed by atoms with Crippen molar-refractivity contribution in [1.82, 2.24) is 4.57 Å². The highest BCUT2D eigenvalue weighted by atomic mass is 32.1. The van der Waals surface area contributed by atoms with Crippen LogP contribution in [0, 0.1) is 0 Å². The van der Waals surface area contributed by atoms with Crippen LogP contribution in [0.4, 0.5) is 11.4 Å². The molecule has 30 heavy (non-hydrogen) atoms. The summed E-state index contributed by atoms with van der Waals surface area (Å²) in [6.45, 7) is -0.124. The molecule has 2 aromatic carbocycles. The fourth-order valence-electron chi connectivity index (χ4n) is 3.17. The number of amides is 2. The van der Waals surface area contributed by atoms with Crippen molar-refractivity contribution in [3.63, 3.8) is 0 Å². The van der Waals surface area contributed by atoms with Crippen molar-refractivity contribution in [2.45, 2.75) is 13.0 Å². The molecule has 0 aliphatic rings. The summed E-state index contributed by atoms with van der Waals surface area (Å²) in [6.07, 6.45) is 1.88. The summed E-state index contributed by atoms with van der Waals surface area (Å²) in [6, 6.07) is 19.9. The molecule has 0 aliphatic carbocycles. The van der Waals surface area contributed by atoms with Gasteiger partial charge in [-0.1, -0.05) is 36.4 Å². The normalized spacial score (nSPS) is 10.7. The van der Waals surface area contributed by atoms with Gasteiger partial charge in [-0.05, 0) is 41.1 Å². The fraction of sp³-hybridized carbons (Fsp3) is 0.0870. The Balaban J connectivity index is 1.47. The lowest BCUT2D eigenvalue weighted by atomic mass is 10.2. The Hall–Kier alpha value is -3.71. The number of para-hydroxylation sites is 2. The number of nitrogens with zero attached hydrogens (tertiary/aromatic N) is 1. The molecule has 0 fully saturated rings. The Kier molecular flexibility index (Phi) is 5.72. The number of hydrogen-bond donors (Lipinski definition) is 2. The van der Waals surface area contributed by atoms with Gasteiger partial charge in [-0.3, -0.25) is 14.4 Å². The molecule has 2 amide bonds. The predicted octanol–water partition coefficient (Wildman–Crippen LogP) is 3.88. The number of carbonyl (C=O) groups is 2. The smallest absolute Gasteiger partial charge is 0.258 e. The van der Waals surface area contributed by atoms with Crippen LogP contribution in [0.15, 0.2) is 83.1 Å². The molecule has 0 spiro atoms. The molecule has 0 aliphatic heterocycles. The number of rotatable bonds is 6. The summed E-state index contributed by atoms with van der Waals surface area (Å²) in [5.41, 5.74) is 0.773. The van der Waals surface area contributed by atoms with E-state index in [0.29, 0.717) is 16.8 Å². The quantitative estimate of drug-likeness (QED) is 0.500. The van der Waals surface area contributed by atoms with Gasteiger partial charge in [0.2, 0.25) is 11.8 Å². The summed E-state index contributed by atoms with van der Waals surface area (Å²) >= 11 is 1.52. The third-order valence-corrected chi connectivity index (χ3v) is 5.47. The Bertz CT molecular complexity index is 1260. The van der Waals surface area contributed by atoms with Crippen LogP contribution in [0.25, 0.3) is 10.8 Å². The first-order chi connectivity index (χ1) is 14.6. The highest BCUT2D eigenvalue weighted by molar-refractivity contribution is 7.10. The molecule has 0 atom stereocenters. The molecule has 2 heterocycles. The van der Waals surface area contributed by atoms with Crippen LogP contribution in [0.1, 0.15) is 4.88 Å². The van der Waals surface area contributed by atoms with Gasteiger partial charge in [0.05, 0.1) is 17.8 Å². The second-order valence-corrected chi connectivity index (χ2v) is 7.77. The predicted molar refractivity (Wildman–Crippen MR) is 120 cm³/mol. The van der Waals surface area contributed by atoms with Gasteiger partial charge >= 0.3 is 0 Å². The van der Waals surface area contributed by atoms with Gasteiger partial charge in [0.15, 0.2) is 0 Å². The minimum absolute atomic E-state index is 0.124. The van der Waals surface area contributed by atoms with E-state index in [1.165, 1.54) is 15.9 Å². The lowest BCUT2D eigenvalue weighted by Gasteiger charge is -2.13. The van der Waals surface area contributed by atoms with Gasteiger partial charge in [-0.25, -0.2) is 0 Å². The van der Waals surface area contributed by atoms with Crippen molar-refractivity contribution in [2.24, 2.45) is 0 Å². The first kappa shape index (κ1) is 19.6. The van der Waals surface area contributed by atoms with Crippen molar-refractivity contribution in [3.05, 3.63) is 93.5 Å². The largest absolute Gasteiger partial charge is 0.324 e. The van der Waals surface area contributed by atoms with Crippen molar-refractivity contribution < 1.29 is 9.59 Å². The minimum atomic E-state index is -0.354. The third-order valence-electron chi connectivity index (χ3n) is 4.59. The van der Waals surface area contributed by atoms with Gasteiger partial charge in [0, 0.05) is 16.5 Å². The van der Waals surface area contributed by atoms with E-state index in [9.17, 15) is 14.4 Å². The molecular weight excluding hydrogens is 398 g/mol. The number of hydrogen-bond acceptors (Lipinski definition) is 4. The van der Waals surface area contributed by atoms with E-state index in [0.717, 1.165) is 10.3 Å². The summed E-state index contributed by atoms with van der Waals surface area (Å²) in [5, 5.41) is 8.94. The van der Waals surface area contributed by atoms with E-state index in [-0.39, 0.29) is 30.3 Å². The molecule has 2 aromatic heterocycles. The lowest BCUT2D eigenvalue weighted by molar-refractivity contribution is -0.117. The van der Waals surface area contributed by atoms with E-state index in [1.54, 1.807) is 42.6 Å². The average molecular weight is 417 g/mol. The molecule has 4 rings (SSSR count). The lowest BCUT2D eigenvalue weighted by Crippen LogP contribution is -2.27. The minimum Gasteiger partial charge on any atom is -0.324 e. The van der Waals surface area contributed by atoms with Crippen LogP contribution < -0.4 is 16.2 Å². The number of benzene rings is 2. The topological polar surface area (TPSA) is 80.2 Å². The Labute approximate surface area is 176 Å². The molecule has 0 unspecified atom stereocenters. The van der Waals surface area contributed by atoms with E-state index < -0.39 is 0 Å². The highest BCUT2D eigenvalue weighted by Crippen LogP contribution is 2.22. The molecule has 0 saturated heterocycles. The molecule has 7 heteroatoms. The van der Waals surface area contributed by atoms with Crippen LogP contribution in [0.5, 0.6) is 0 Å². The number of fused-ring (bicyclic) bond motifs is 1. The molecule has 6 nitrogen and oxygen atoms in total. The zero-order valence-electron chi connectivity index (χ0n) is 16.0. The highest BCUT2D eigenvalue weighted by Gasteiger charge is 2.12. The Morgan fingerprint density at radius 2 is 1.53 bits per heavy atom. The van der Waals surface area contributed by atoms with E-state index in [1.807, 2.05) is 35.7 Å². The fourth-order valence-corrected chi connectivity index (χ4v) is 3.87. The summed E-state index contributed by atoms with van der Waals surface area (Å²) in [5.74, 6) is -0.516. The number of carbonyl (C=O) groups excluding carboxylic acids is 2. The standard InChI is InChI=1S/C23H19N3O3S/c27-21(14-17-7-5-13-30-17)24-19-9-3-4-10-20(19)25-22(28)15-26-12-11-16-6-1-2-8-18(16)23(26)29/h1-13H,14-15H2,(H,24,27)(H,25,28). The molecule has 4 aromatic rings. The van der Waals surface area contributed by atoms with Crippen molar-refractivity contribution in [3.8, 4) is 0 Å². The van der Waals surface area contributed by atoms with E-state index >= 15 is 0 Å². The average Bonchev–Trinajstić information content (AvgIpc) is 3.24. The first-order valence-corrected chi connectivity index (χ1v) is 10.3.